The highest BCUT2D eigenvalue weighted by Gasteiger charge is 2.09. The maximum absolute atomic E-state index is 13.2. The Kier molecular flexibility index (Phi) is 3.91. The molecule has 0 radical (unpaired) electrons. The maximum atomic E-state index is 13.2. The zero-order valence-corrected chi connectivity index (χ0v) is 12.6. The van der Waals surface area contributed by atoms with E-state index in [1.807, 2.05) is 6.07 Å². The average molecular weight is 318 g/mol. The molecule has 0 spiro atoms. The largest absolute Gasteiger partial charge is 0.346 e. The summed E-state index contributed by atoms with van der Waals surface area (Å²) in [4.78, 5) is 13.2. The molecule has 0 aliphatic heterocycles. The van der Waals surface area contributed by atoms with Crippen LogP contribution in [0.15, 0.2) is 47.5 Å². The van der Waals surface area contributed by atoms with Gasteiger partial charge < -0.3 is 5.73 Å². The van der Waals surface area contributed by atoms with Crippen molar-refractivity contribution in [2.24, 2.45) is 5.73 Å². The van der Waals surface area contributed by atoms with Crippen LogP contribution in [0.25, 0.3) is 10.1 Å². The SMILES string of the molecule is C=C(CN)Cn1ncn(Cc2cc3cc(F)ccc3s2)c1=O. The molecular weight excluding hydrogens is 303 g/mol. The second-order valence-corrected chi connectivity index (χ2v) is 6.22. The van der Waals surface area contributed by atoms with E-state index in [4.69, 9.17) is 5.73 Å². The van der Waals surface area contributed by atoms with Gasteiger partial charge in [0.05, 0.1) is 13.1 Å². The summed E-state index contributed by atoms with van der Waals surface area (Å²) in [5.41, 5.74) is 6.01. The van der Waals surface area contributed by atoms with E-state index in [9.17, 15) is 9.18 Å². The lowest BCUT2D eigenvalue weighted by Gasteiger charge is -2.00. The van der Waals surface area contributed by atoms with E-state index < -0.39 is 0 Å². The van der Waals surface area contributed by atoms with Crippen molar-refractivity contribution >= 4 is 21.4 Å². The van der Waals surface area contributed by atoms with Crippen LogP contribution in [-0.2, 0) is 13.1 Å². The maximum Gasteiger partial charge on any atom is 0.346 e. The molecule has 2 heterocycles. The number of hydrogen-bond donors (Lipinski definition) is 1. The predicted molar refractivity (Wildman–Crippen MR) is 85.6 cm³/mol. The van der Waals surface area contributed by atoms with Gasteiger partial charge in [0.2, 0.25) is 0 Å². The van der Waals surface area contributed by atoms with Crippen LogP contribution in [0.1, 0.15) is 4.88 Å². The van der Waals surface area contributed by atoms with Gasteiger partial charge in [0.15, 0.2) is 0 Å². The number of aromatic nitrogens is 3. The number of benzene rings is 1. The van der Waals surface area contributed by atoms with Crippen LogP contribution in [0.2, 0.25) is 0 Å². The summed E-state index contributed by atoms with van der Waals surface area (Å²) in [6, 6.07) is 6.57. The fraction of sp³-hybridized carbons (Fsp3) is 0.200. The summed E-state index contributed by atoms with van der Waals surface area (Å²) in [6.07, 6.45) is 1.50. The van der Waals surface area contributed by atoms with Gasteiger partial charge in [-0.05, 0) is 35.2 Å². The first-order valence-electron chi connectivity index (χ1n) is 6.74. The molecule has 0 unspecified atom stereocenters. The topological polar surface area (TPSA) is 65.8 Å². The van der Waals surface area contributed by atoms with Crippen LogP contribution in [-0.4, -0.2) is 20.9 Å². The van der Waals surface area contributed by atoms with Gasteiger partial charge in [-0.25, -0.2) is 13.9 Å². The van der Waals surface area contributed by atoms with E-state index in [1.54, 1.807) is 6.07 Å². The smallest absolute Gasteiger partial charge is 0.327 e. The van der Waals surface area contributed by atoms with Crippen LogP contribution in [0, 0.1) is 5.82 Å². The number of thiophene rings is 1. The summed E-state index contributed by atoms with van der Waals surface area (Å²) in [5, 5.41) is 4.91. The minimum absolute atomic E-state index is 0.210. The highest BCUT2D eigenvalue weighted by molar-refractivity contribution is 7.19. The molecule has 3 rings (SSSR count). The summed E-state index contributed by atoms with van der Waals surface area (Å²) >= 11 is 1.54. The van der Waals surface area contributed by atoms with Crippen LogP contribution in [0.5, 0.6) is 0 Å². The van der Waals surface area contributed by atoms with E-state index in [0.717, 1.165) is 20.5 Å². The fourth-order valence-corrected chi connectivity index (χ4v) is 3.22. The third-order valence-corrected chi connectivity index (χ3v) is 4.42. The molecule has 114 valence electrons. The lowest BCUT2D eigenvalue weighted by molar-refractivity contribution is 0.626. The highest BCUT2D eigenvalue weighted by atomic mass is 32.1. The molecule has 5 nitrogen and oxygen atoms in total. The first kappa shape index (κ1) is 14.7. The third-order valence-electron chi connectivity index (χ3n) is 3.31. The van der Waals surface area contributed by atoms with Crippen molar-refractivity contribution in [3.05, 3.63) is 63.9 Å². The Morgan fingerprint density at radius 2 is 2.23 bits per heavy atom. The lowest BCUT2D eigenvalue weighted by atomic mass is 10.2. The summed E-state index contributed by atoms with van der Waals surface area (Å²) in [7, 11) is 0. The van der Waals surface area contributed by atoms with Gasteiger partial charge in [-0.3, -0.25) is 4.57 Å². The zero-order valence-electron chi connectivity index (χ0n) is 11.8. The van der Waals surface area contributed by atoms with E-state index >= 15 is 0 Å². The van der Waals surface area contributed by atoms with Gasteiger partial charge in [0.25, 0.3) is 0 Å². The summed E-state index contributed by atoms with van der Waals surface area (Å²) in [6.45, 7) is 4.82. The van der Waals surface area contributed by atoms with Crippen molar-refractivity contribution in [1.29, 1.82) is 0 Å². The minimum atomic E-state index is -0.262. The molecule has 0 aliphatic rings. The minimum Gasteiger partial charge on any atom is -0.327 e. The Hall–Kier alpha value is -2.25. The lowest BCUT2D eigenvalue weighted by Crippen LogP contribution is -2.26. The highest BCUT2D eigenvalue weighted by Crippen LogP contribution is 2.26. The zero-order chi connectivity index (χ0) is 15.7. The first-order valence-corrected chi connectivity index (χ1v) is 7.55. The molecule has 0 fully saturated rings. The van der Waals surface area contributed by atoms with Gasteiger partial charge in [-0.15, -0.1) is 11.3 Å². The standard InChI is InChI=1S/C15H15FN4OS/c1-10(6-17)7-20-15(21)19(9-18-20)8-13-5-11-4-12(16)2-3-14(11)22-13/h2-5,9H,1,6-8,17H2. The molecule has 22 heavy (non-hydrogen) atoms. The van der Waals surface area contributed by atoms with Crippen molar-refractivity contribution in [2.45, 2.75) is 13.1 Å². The van der Waals surface area contributed by atoms with Crippen LogP contribution < -0.4 is 11.4 Å². The molecule has 1 aromatic carbocycles. The second kappa shape index (κ2) is 5.86. The van der Waals surface area contributed by atoms with Crippen molar-refractivity contribution in [1.82, 2.24) is 14.3 Å². The molecular formula is C15H15FN4OS. The van der Waals surface area contributed by atoms with Crippen molar-refractivity contribution < 1.29 is 4.39 Å². The number of hydrogen-bond acceptors (Lipinski definition) is 4. The monoisotopic (exact) mass is 318 g/mol. The Bertz CT molecular complexity index is 892. The van der Waals surface area contributed by atoms with Crippen LogP contribution in [0.3, 0.4) is 0 Å². The number of halogens is 1. The summed E-state index contributed by atoms with van der Waals surface area (Å²) in [5.74, 6) is -0.262. The molecule has 2 aromatic heterocycles. The molecule has 0 saturated heterocycles. The molecule has 0 atom stereocenters. The van der Waals surface area contributed by atoms with E-state index in [1.165, 1.54) is 39.0 Å². The van der Waals surface area contributed by atoms with Gasteiger partial charge in [0, 0.05) is 16.1 Å². The van der Waals surface area contributed by atoms with Crippen LogP contribution >= 0.6 is 11.3 Å². The molecule has 0 amide bonds. The van der Waals surface area contributed by atoms with Gasteiger partial charge in [0.1, 0.15) is 12.1 Å². The molecule has 2 N–H and O–H groups in total. The quantitative estimate of drug-likeness (QED) is 0.731. The van der Waals surface area contributed by atoms with Gasteiger partial charge in [-0.2, -0.15) is 5.10 Å². The molecule has 0 aliphatic carbocycles. The average Bonchev–Trinajstić information content (AvgIpc) is 3.04. The third kappa shape index (κ3) is 2.86. The van der Waals surface area contributed by atoms with Gasteiger partial charge in [-0.1, -0.05) is 6.58 Å². The van der Waals surface area contributed by atoms with E-state index in [2.05, 4.69) is 11.7 Å². The van der Waals surface area contributed by atoms with E-state index in [0.29, 0.717) is 19.6 Å². The predicted octanol–water partition coefficient (Wildman–Crippen LogP) is 1.96. The Balaban J connectivity index is 1.85. The number of nitrogens with zero attached hydrogens (tertiary/aromatic N) is 3. The molecule has 7 heteroatoms. The van der Waals surface area contributed by atoms with Crippen molar-refractivity contribution in [3.8, 4) is 0 Å². The Labute approximate surface area is 130 Å². The molecule has 0 bridgehead atoms. The number of rotatable bonds is 5. The molecule has 0 saturated carbocycles. The number of fused-ring (bicyclic) bond motifs is 1. The van der Waals surface area contributed by atoms with Gasteiger partial charge >= 0.3 is 5.69 Å². The van der Waals surface area contributed by atoms with Crippen molar-refractivity contribution in [3.63, 3.8) is 0 Å². The Morgan fingerprint density at radius 1 is 1.41 bits per heavy atom. The fourth-order valence-electron chi connectivity index (χ4n) is 2.18. The Morgan fingerprint density at radius 3 is 3.00 bits per heavy atom. The summed E-state index contributed by atoms with van der Waals surface area (Å²) < 4.78 is 17.1. The normalized spacial score (nSPS) is 11.2. The van der Waals surface area contributed by atoms with Crippen LogP contribution in [0.4, 0.5) is 4.39 Å². The second-order valence-electron chi connectivity index (χ2n) is 5.05. The van der Waals surface area contributed by atoms with Crippen molar-refractivity contribution in [2.75, 3.05) is 6.54 Å². The first-order chi connectivity index (χ1) is 10.6. The number of nitrogens with two attached hydrogens (primary N) is 1. The van der Waals surface area contributed by atoms with E-state index in [-0.39, 0.29) is 11.5 Å². The molecule has 3 aromatic rings.